The van der Waals surface area contributed by atoms with E-state index >= 15 is 0 Å². The van der Waals surface area contributed by atoms with Crippen molar-refractivity contribution in [1.29, 1.82) is 0 Å². The molecule has 0 radical (unpaired) electrons. The molecule has 0 spiro atoms. The zero-order valence-electron chi connectivity index (χ0n) is 13.0. The third kappa shape index (κ3) is 3.97. The summed E-state index contributed by atoms with van der Waals surface area (Å²) >= 11 is 0. The third-order valence-electron chi connectivity index (χ3n) is 4.16. The van der Waals surface area contributed by atoms with Crippen molar-refractivity contribution >= 4 is 0 Å². The van der Waals surface area contributed by atoms with Gasteiger partial charge in [0, 0.05) is 19.1 Å². The van der Waals surface area contributed by atoms with Crippen molar-refractivity contribution in [3.05, 3.63) is 29.8 Å². The van der Waals surface area contributed by atoms with Crippen LogP contribution < -0.4 is 10.5 Å². The molecule has 0 bridgehead atoms. The summed E-state index contributed by atoms with van der Waals surface area (Å²) in [6, 6.07) is 8.70. The normalized spacial score (nSPS) is 17.3. The van der Waals surface area contributed by atoms with Gasteiger partial charge in [0.15, 0.2) is 0 Å². The van der Waals surface area contributed by atoms with Crippen LogP contribution in [0.2, 0.25) is 0 Å². The lowest BCUT2D eigenvalue weighted by Crippen LogP contribution is -2.36. The van der Waals surface area contributed by atoms with Crippen LogP contribution in [0.4, 0.5) is 0 Å². The first-order chi connectivity index (χ1) is 9.60. The van der Waals surface area contributed by atoms with Crippen LogP contribution in [0.5, 0.6) is 5.75 Å². The lowest BCUT2D eigenvalue weighted by Gasteiger charge is -2.34. The van der Waals surface area contributed by atoms with E-state index in [0.29, 0.717) is 12.6 Å². The minimum atomic E-state index is 0.215. The first-order valence-electron chi connectivity index (χ1n) is 7.77. The Kier molecular flexibility index (Phi) is 5.44. The highest BCUT2D eigenvalue weighted by molar-refractivity contribution is 5.29. The van der Waals surface area contributed by atoms with Crippen molar-refractivity contribution in [2.24, 2.45) is 11.7 Å². The van der Waals surface area contributed by atoms with E-state index in [1.807, 2.05) is 13.8 Å². The van der Waals surface area contributed by atoms with E-state index in [1.54, 1.807) is 0 Å². The Labute approximate surface area is 123 Å². The number of hydrogen-bond acceptors (Lipinski definition) is 3. The maximum atomic E-state index is 5.99. The van der Waals surface area contributed by atoms with E-state index in [0.717, 1.165) is 18.2 Å². The van der Waals surface area contributed by atoms with Gasteiger partial charge >= 0.3 is 0 Å². The lowest BCUT2D eigenvalue weighted by molar-refractivity contribution is 0.165. The Bertz CT molecular complexity index is 398. The third-order valence-corrected chi connectivity index (χ3v) is 4.16. The topological polar surface area (TPSA) is 38.5 Å². The maximum Gasteiger partial charge on any atom is 0.119 e. The molecule has 3 heteroatoms. The number of likely N-dealkylation sites (N-methyl/N-ethyl adjacent to an activating group) is 1. The average Bonchev–Trinajstić information content (AvgIpc) is 2.36. The van der Waals surface area contributed by atoms with Gasteiger partial charge < -0.3 is 10.5 Å². The predicted octanol–water partition coefficient (Wildman–Crippen LogP) is 3.21. The minimum absolute atomic E-state index is 0.215. The van der Waals surface area contributed by atoms with Crippen LogP contribution in [0.15, 0.2) is 24.3 Å². The highest BCUT2D eigenvalue weighted by atomic mass is 16.5. The molecular formula is C17H28N2O. The van der Waals surface area contributed by atoms with Gasteiger partial charge in [-0.15, -0.1) is 0 Å². The zero-order valence-corrected chi connectivity index (χ0v) is 13.0. The van der Waals surface area contributed by atoms with Gasteiger partial charge in [0.25, 0.3) is 0 Å². The van der Waals surface area contributed by atoms with Crippen LogP contribution in [0, 0.1) is 5.92 Å². The Balaban J connectivity index is 1.98. The molecule has 1 aromatic carbocycles. The Morgan fingerprint density at radius 2 is 1.90 bits per heavy atom. The monoisotopic (exact) mass is 276 g/mol. The van der Waals surface area contributed by atoms with Gasteiger partial charge in [0.1, 0.15) is 5.75 Å². The van der Waals surface area contributed by atoms with Gasteiger partial charge in [-0.2, -0.15) is 0 Å². The lowest BCUT2D eigenvalue weighted by atomic mass is 9.85. The van der Waals surface area contributed by atoms with Crippen molar-refractivity contribution in [3.63, 3.8) is 0 Å². The fourth-order valence-electron chi connectivity index (χ4n) is 2.82. The van der Waals surface area contributed by atoms with Crippen molar-refractivity contribution in [2.75, 3.05) is 20.1 Å². The summed E-state index contributed by atoms with van der Waals surface area (Å²) in [7, 11) is 2.19. The molecule has 0 aliphatic heterocycles. The molecular weight excluding hydrogens is 248 g/mol. The van der Waals surface area contributed by atoms with Gasteiger partial charge in [0.2, 0.25) is 0 Å². The van der Waals surface area contributed by atoms with Crippen molar-refractivity contribution < 1.29 is 4.74 Å². The molecule has 0 aromatic heterocycles. The fraction of sp³-hybridized carbons (Fsp3) is 0.647. The molecule has 0 amide bonds. The van der Waals surface area contributed by atoms with Crippen molar-refractivity contribution in [3.8, 4) is 5.75 Å². The van der Waals surface area contributed by atoms with Gasteiger partial charge in [-0.3, -0.25) is 4.90 Å². The van der Waals surface area contributed by atoms with Gasteiger partial charge in [-0.25, -0.2) is 0 Å². The van der Waals surface area contributed by atoms with Crippen molar-refractivity contribution in [2.45, 2.75) is 45.3 Å². The standard InChI is InChI=1S/C17H28N2O/c1-13(2)20-16-9-7-15(8-10-16)17(11-18)19(3)12-14-5-4-6-14/h7-10,13-14,17H,4-6,11-12,18H2,1-3H3. The molecule has 0 saturated heterocycles. The number of rotatable bonds is 7. The highest BCUT2D eigenvalue weighted by Gasteiger charge is 2.23. The molecule has 1 fully saturated rings. The largest absolute Gasteiger partial charge is 0.491 e. The van der Waals surface area contributed by atoms with E-state index < -0.39 is 0 Å². The summed E-state index contributed by atoms with van der Waals surface area (Å²) in [5.41, 5.74) is 7.27. The number of hydrogen-bond donors (Lipinski definition) is 1. The second-order valence-electron chi connectivity index (χ2n) is 6.22. The molecule has 0 heterocycles. The van der Waals surface area contributed by atoms with E-state index in [2.05, 4.69) is 36.2 Å². The van der Waals surface area contributed by atoms with Crippen LogP contribution in [0.25, 0.3) is 0 Å². The molecule has 1 saturated carbocycles. The van der Waals surface area contributed by atoms with Crippen LogP contribution >= 0.6 is 0 Å². The molecule has 3 nitrogen and oxygen atoms in total. The number of nitrogens with zero attached hydrogens (tertiary/aromatic N) is 1. The van der Waals surface area contributed by atoms with Crippen molar-refractivity contribution in [1.82, 2.24) is 4.90 Å². The molecule has 2 N–H and O–H groups in total. The molecule has 2 rings (SSSR count). The van der Waals surface area contributed by atoms with E-state index in [4.69, 9.17) is 10.5 Å². The summed E-state index contributed by atoms with van der Waals surface area (Å²) in [5.74, 6) is 1.80. The second-order valence-corrected chi connectivity index (χ2v) is 6.22. The van der Waals surface area contributed by atoms with Crippen LogP contribution in [-0.2, 0) is 0 Å². The van der Waals surface area contributed by atoms with Gasteiger partial charge in [-0.1, -0.05) is 18.6 Å². The quantitative estimate of drug-likeness (QED) is 0.831. The molecule has 112 valence electrons. The SMILES string of the molecule is CC(C)Oc1ccc(C(CN)N(C)CC2CCC2)cc1. The summed E-state index contributed by atoms with van der Waals surface area (Å²) in [5, 5.41) is 0. The first kappa shape index (κ1) is 15.3. The molecule has 1 aromatic rings. The second kappa shape index (κ2) is 7.09. The maximum absolute atomic E-state index is 5.99. The molecule has 20 heavy (non-hydrogen) atoms. The molecule has 1 atom stereocenters. The van der Waals surface area contributed by atoms with Gasteiger partial charge in [0.05, 0.1) is 6.10 Å². The average molecular weight is 276 g/mol. The summed E-state index contributed by atoms with van der Waals surface area (Å²) < 4.78 is 5.69. The first-order valence-corrected chi connectivity index (χ1v) is 7.77. The predicted molar refractivity (Wildman–Crippen MR) is 84.0 cm³/mol. The Morgan fingerprint density at radius 1 is 1.25 bits per heavy atom. The summed E-state index contributed by atoms with van der Waals surface area (Å²) in [4.78, 5) is 2.40. The number of nitrogens with two attached hydrogens (primary N) is 1. The molecule has 1 aliphatic carbocycles. The Morgan fingerprint density at radius 3 is 2.35 bits per heavy atom. The highest BCUT2D eigenvalue weighted by Crippen LogP contribution is 2.30. The van der Waals surface area contributed by atoms with Crippen LogP contribution in [0.3, 0.4) is 0 Å². The van der Waals surface area contributed by atoms with Crippen LogP contribution in [-0.4, -0.2) is 31.1 Å². The number of benzene rings is 1. The Hall–Kier alpha value is -1.06. The molecule has 1 aliphatic rings. The fourth-order valence-corrected chi connectivity index (χ4v) is 2.82. The van der Waals surface area contributed by atoms with E-state index in [9.17, 15) is 0 Å². The van der Waals surface area contributed by atoms with Crippen LogP contribution in [0.1, 0.15) is 44.7 Å². The molecule has 1 unspecified atom stereocenters. The smallest absolute Gasteiger partial charge is 0.119 e. The number of ether oxygens (including phenoxy) is 1. The van der Waals surface area contributed by atoms with E-state index in [1.165, 1.54) is 24.8 Å². The summed E-state index contributed by atoms with van der Waals surface area (Å²) in [6.45, 7) is 5.91. The summed E-state index contributed by atoms with van der Waals surface area (Å²) in [6.07, 6.45) is 4.37. The van der Waals surface area contributed by atoms with Gasteiger partial charge in [-0.05, 0) is 57.4 Å². The van der Waals surface area contributed by atoms with E-state index in [-0.39, 0.29) is 6.10 Å². The zero-order chi connectivity index (χ0) is 14.5. The minimum Gasteiger partial charge on any atom is -0.491 e.